The van der Waals surface area contributed by atoms with E-state index in [2.05, 4.69) is 106 Å². The van der Waals surface area contributed by atoms with Gasteiger partial charge in [-0.2, -0.15) is 13.2 Å². The Kier molecular flexibility index (Phi) is 13.8. The van der Waals surface area contributed by atoms with Crippen molar-refractivity contribution in [2.45, 2.75) is 13.1 Å². The van der Waals surface area contributed by atoms with Gasteiger partial charge in [0, 0.05) is 90.8 Å². The quantitative estimate of drug-likeness (QED) is 0.121. The minimum absolute atomic E-state index is 0.0155. The van der Waals surface area contributed by atoms with Crippen LogP contribution in [0, 0.1) is 13.5 Å². The van der Waals surface area contributed by atoms with Gasteiger partial charge in [0.1, 0.15) is 0 Å². The molecule has 6 aromatic heterocycles. The van der Waals surface area contributed by atoms with E-state index < -0.39 is 11.7 Å². The van der Waals surface area contributed by atoms with Gasteiger partial charge < -0.3 is 9.13 Å². The van der Waals surface area contributed by atoms with Crippen molar-refractivity contribution in [3.63, 3.8) is 0 Å². The highest BCUT2D eigenvalue weighted by Crippen LogP contribution is 2.51. The fourth-order valence-corrected chi connectivity index (χ4v) is 13.6. The molecule has 0 aliphatic carbocycles. The van der Waals surface area contributed by atoms with Crippen molar-refractivity contribution < 1.29 is 13.2 Å². The molecule has 0 saturated heterocycles. The van der Waals surface area contributed by atoms with Crippen LogP contribution in [0.15, 0.2) is 298 Å². The maximum absolute atomic E-state index is 15.9. The molecule has 0 spiro atoms. The number of hydrogen-bond donors (Lipinski definition) is 0. The summed E-state index contributed by atoms with van der Waals surface area (Å²) in [7, 11) is 0. The molecule has 10 aromatic carbocycles. The SMILES string of the molecule is [C-]#[N+]c1c(-n2c3ccc(-c4cccnc4-c4ccccc4)cc3c3cc(-c4cccnc4-c4ccccc4)ccc32)ccc(-c2c(C)cccc2C(F)(F)F)c1-n1c2ccc(-c3cccnc3-c3ccccc3)cc2c2cc(-c3cccnc3-c3ccccc3)ccc21. The molecule has 0 bridgehead atoms. The van der Waals surface area contributed by atoms with Crippen LogP contribution in [-0.4, -0.2) is 29.1 Å². The van der Waals surface area contributed by atoms with Crippen LogP contribution in [0.2, 0.25) is 0 Å². The number of aryl methyl sites for hydroxylation is 1. The number of halogens is 3. The van der Waals surface area contributed by atoms with E-state index in [-0.39, 0.29) is 16.8 Å². The third-order valence-electron chi connectivity index (χ3n) is 17.7. The molecular formula is C83H52F3N7. The summed E-state index contributed by atoms with van der Waals surface area (Å²) >= 11 is 0. The van der Waals surface area contributed by atoms with Crippen LogP contribution in [-0.2, 0) is 6.18 Å². The Balaban J connectivity index is 1.01. The number of alkyl halides is 3. The topological polar surface area (TPSA) is 65.8 Å². The van der Waals surface area contributed by atoms with Gasteiger partial charge in [-0.05, 0) is 131 Å². The van der Waals surface area contributed by atoms with E-state index >= 15 is 13.2 Å². The van der Waals surface area contributed by atoms with Gasteiger partial charge in [-0.3, -0.25) is 19.9 Å². The molecule has 16 aromatic rings. The van der Waals surface area contributed by atoms with Crippen molar-refractivity contribution >= 4 is 49.3 Å². The van der Waals surface area contributed by atoms with Crippen LogP contribution < -0.4 is 0 Å². The monoisotopic (exact) mass is 1200 g/mol. The van der Waals surface area contributed by atoms with Crippen molar-refractivity contribution in [2.75, 3.05) is 0 Å². The fraction of sp³-hybridized carbons (Fsp3) is 0.0241. The highest BCUT2D eigenvalue weighted by Gasteiger charge is 2.36. The summed E-state index contributed by atoms with van der Waals surface area (Å²) in [5, 5.41) is 3.42. The molecule has 0 amide bonds. The molecule has 0 atom stereocenters. The lowest BCUT2D eigenvalue weighted by Gasteiger charge is -2.23. The molecule has 93 heavy (non-hydrogen) atoms. The summed E-state index contributed by atoms with van der Waals surface area (Å²) in [6, 6.07) is 89.5. The van der Waals surface area contributed by atoms with Gasteiger partial charge in [-0.1, -0.05) is 188 Å². The number of benzene rings is 10. The third kappa shape index (κ3) is 9.70. The van der Waals surface area contributed by atoms with Gasteiger partial charge in [-0.25, -0.2) is 4.85 Å². The standard InChI is InChI=1S/C83H52F3N7/c1-52-20-15-33-70(83(84,85)86)76(52)65-38-43-75(92-71-39-34-57(61-29-16-44-88-77(61)53-21-7-3-8-22-53)48-66(71)67-49-58(35-40-72(67)92)62-30-17-45-89-78(62)54-23-9-4-10-24-54)81(87-2)82(65)93-73-41-36-59(63-31-18-46-90-79(63)55-25-11-5-12-26-55)50-68(73)69-51-60(37-42-74(69)93)64-32-19-47-91-80(64)56-27-13-6-14-28-56/h3-51H,1H3. The highest BCUT2D eigenvalue weighted by molar-refractivity contribution is 6.16. The average molecular weight is 1200 g/mol. The zero-order valence-electron chi connectivity index (χ0n) is 50.1. The van der Waals surface area contributed by atoms with E-state index in [4.69, 9.17) is 19.9 Å². The molecule has 0 radical (unpaired) electrons. The lowest BCUT2D eigenvalue weighted by Crippen LogP contribution is -2.10. The van der Waals surface area contributed by atoms with E-state index in [0.29, 0.717) is 28.0 Å². The van der Waals surface area contributed by atoms with Crippen molar-refractivity contribution in [1.82, 2.24) is 29.1 Å². The predicted octanol–water partition coefficient (Wildman–Crippen LogP) is 22.3. The van der Waals surface area contributed by atoms with E-state index in [1.54, 1.807) is 31.5 Å². The molecular weight excluding hydrogens is 1150 g/mol. The Labute approximate surface area is 534 Å². The summed E-state index contributed by atoms with van der Waals surface area (Å²) in [5.74, 6) is 0. The van der Waals surface area contributed by atoms with Gasteiger partial charge in [0.25, 0.3) is 0 Å². The van der Waals surface area contributed by atoms with E-state index in [1.165, 1.54) is 6.07 Å². The van der Waals surface area contributed by atoms with E-state index in [0.717, 1.165) is 128 Å². The second-order valence-electron chi connectivity index (χ2n) is 23.1. The number of rotatable bonds is 11. The van der Waals surface area contributed by atoms with Crippen molar-refractivity contribution in [3.8, 4) is 112 Å². The molecule has 0 aliphatic rings. The van der Waals surface area contributed by atoms with Crippen LogP contribution in [0.5, 0.6) is 0 Å². The zero-order chi connectivity index (χ0) is 62.7. The molecule has 7 nitrogen and oxygen atoms in total. The first-order chi connectivity index (χ1) is 45.7. The normalized spacial score (nSPS) is 11.6. The lowest BCUT2D eigenvalue weighted by atomic mass is 9.92. The smallest absolute Gasteiger partial charge is 0.319 e. The second-order valence-corrected chi connectivity index (χ2v) is 23.1. The Bertz CT molecular complexity index is 5350. The molecule has 0 aliphatic heterocycles. The summed E-state index contributed by atoms with van der Waals surface area (Å²) in [6.45, 7) is 11.3. The summed E-state index contributed by atoms with van der Waals surface area (Å²) < 4.78 is 51.9. The van der Waals surface area contributed by atoms with Crippen LogP contribution in [0.25, 0.3) is 160 Å². The summed E-state index contributed by atoms with van der Waals surface area (Å²) in [4.78, 5) is 24.2. The Hall–Kier alpha value is -12.3. The van der Waals surface area contributed by atoms with Gasteiger partial charge in [-0.15, -0.1) is 0 Å². The first-order valence-electron chi connectivity index (χ1n) is 30.6. The number of nitrogens with zero attached hydrogens (tertiary/aromatic N) is 7. The van der Waals surface area contributed by atoms with E-state index in [1.807, 2.05) is 169 Å². The predicted molar refractivity (Wildman–Crippen MR) is 371 cm³/mol. The number of aromatic nitrogens is 6. The van der Waals surface area contributed by atoms with Crippen LogP contribution >= 0.6 is 0 Å². The Morgan fingerprint density at radius 2 is 0.677 bits per heavy atom. The van der Waals surface area contributed by atoms with Gasteiger partial charge in [0.05, 0.1) is 68.4 Å². The maximum atomic E-state index is 15.9. The number of hydrogen-bond acceptors (Lipinski definition) is 4. The van der Waals surface area contributed by atoms with Crippen LogP contribution in [0.1, 0.15) is 11.1 Å². The molecule has 440 valence electrons. The molecule has 0 N–H and O–H groups in total. The van der Waals surface area contributed by atoms with Gasteiger partial charge in [0.15, 0.2) is 0 Å². The largest absolute Gasteiger partial charge is 0.417 e. The lowest BCUT2D eigenvalue weighted by molar-refractivity contribution is -0.137. The first kappa shape index (κ1) is 56.0. The second kappa shape index (κ2) is 22.9. The van der Waals surface area contributed by atoms with Gasteiger partial charge >= 0.3 is 6.18 Å². The maximum Gasteiger partial charge on any atom is 0.417 e. The molecule has 0 fully saturated rings. The Morgan fingerprint density at radius 1 is 0.333 bits per heavy atom. The average Bonchev–Trinajstić information content (AvgIpc) is 1.60. The molecule has 0 unspecified atom stereocenters. The van der Waals surface area contributed by atoms with Crippen molar-refractivity contribution in [3.05, 3.63) is 320 Å². The molecule has 16 rings (SSSR count). The minimum Gasteiger partial charge on any atom is -0.319 e. The van der Waals surface area contributed by atoms with Crippen molar-refractivity contribution in [2.24, 2.45) is 0 Å². The first-order valence-corrected chi connectivity index (χ1v) is 30.6. The fourth-order valence-electron chi connectivity index (χ4n) is 13.6. The summed E-state index contributed by atoms with van der Waals surface area (Å²) in [6.07, 6.45) is 2.45. The highest BCUT2D eigenvalue weighted by atomic mass is 19.4. The zero-order valence-corrected chi connectivity index (χ0v) is 50.1. The van der Waals surface area contributed by atoms with Crippen LogP contribution in [0.4, 0.5) is 18.9 Å². The van der Waals surface area contributed by atoms with E-state index in [9.17, 15) is 6.57 Å². The third-order valence-corrected chi connectivity index (χ3v) is 17.7. The molecule has 10 heteroatoms. The number of pyridine rings is 4. The van der Waals surface area contributed by atoms with Gasteiger partial charge in [0.2, 0.25) is 5.69 Å². The Morgan fingerprint density at radius 3 is 1.01 bits per heavy atom. The van der Waals surface area contributed by atoms with Crippen molar-refractivity contribution in [1.29, 1.82) is 0 Å². The molecule has 6 heterocycles. The molecule has 0 saturated carbocycles. The van der Waals surface area contributed by atoms with Crippen LogP contribution in [0.3, 0.4) is 0 Å². The minimum atomic E-state index is -4.76. The summed E-state index contributed by atoms with van der Waals surface area (Å²) in [5.41, 5.74) is 18.1. The number of fused-ring (bicyclic) bond motifs is 6.